The van der Waals surface area contributed by atoms with E-state index in [1.807, 2.05) is 25.1 Å². The van der Waals surface area contributed by atoms with Crippen molar-refractivity contribution in [3.8, 4) is 5.75 Å². The average Bonchev–Trinajstić information content (AvgIpc) is 2.81. The summed E-state index contributed by atoms with van der Waals surface area (Å²) in [6, 6.07) is 13.9. The molecule has 2 atom stereocenters. The molecule has 0 aromatic heterocycles. The van der Waals surface area contributed by atoms with Crippen LogP contribution in [-0.2, 0) is 20.7 Å². The highest BCUT2D eigenvalue weighted by Gasteiger charge is 2.28. The molecule has 2 N–H and O–H groups in total. The quantitative estimate of drug-likeness (QED) is 0.567. The number of amides is 2. The molecule has 0 saturated carbocycles. The van der Waals surface area contributed by atoms with Gasteiger partial charge in [-0.3, -0.25) is 9.59 Å². The van der Waals surface area contributed by atoms with Crippen molar-refractivity contribution < 1.29 is 23.9 Å². The first-order chi connectivity index (χ1) is 15.9. The van der Waals surface area contributed by atoms with Crippen LogP contribution in [0.3, 0.4) is 0 Å². The minimum atomic E-state index is -0.893. The normalized spacial score (nSPS) is 15.8. The Kier molecular flexibility index (Phi) is 8.46. The molecule has 0 saturated heterocycles. The molecule has 0 fully saturated rings. The highest BCUT2D eigenvalue weighted by Crippen LogP contribution is 2.29. The lowest BCUT2D eigenvalue weighted by Crippen LogP contribution is -2.46. The summed E-state index contributed by atoms with van der Waals surface area (Å²) >= 11 is 0. The van der Waals surface area contributed by atoms with Gasteiger partial charge < -0.3 is 20.1 Å². The molecule has 0 unspecified atom stereocenters. The topological polar surface area (TPSA) is 93.7 Å². The number of aryl methyl sites for hydroxylation is 1. The molecule has 0 radical (unpaired) electrons. The minimum absolute atomic E-state index is 0.0863. The first-order valence-electron chi connectivity index (χ1n) is 11.5. The molecule has 1 aliphatic rings. The van der Waals surface area contributed by atoms with Crippen LogP contribution in [0.25, 0.3) is 0 Å². The van der Waals surface area contributed by atoms with Gasteiger partial charge >= 0.3 is 5.97 Å². The van der Waals surface area contributed by atoms with Crippen LogP contribution in [0.1, 0.15) is 61.1 Å². The van der Waals surface area contributed by atoms with E-state index in [1.165, 1.54) is 5.56 Å². The Morgan fingerprint density at radius 1 is 1.06 bits per heavy atom. The summed E-state index contributed by atoms with van der Waals surface area (Å²) in [4.78, 5) is 38.0. The fourth-order valence-corrected chi connectivity index (χ4v) is 4.02. The second kappa shape index (κ2) is 11.5. The summed E-state index contributed by atoms with van der Waals surface area (Å²) in [7, 11) is 0. The summed E-state index contributed by atoms with van der Waals surface area (Å²) in [6.07, 6.45) is 2.84. The van der Waals surface area contributed by atoms with Gasteiger partial charge in [0.1, 0.15) is 11.8 Å². The minimum Gasteiger partial charge on any atom is -0.493 e. The molecule has 7 nitrogen and oxygen atoms in total. The first-order valence-corrected chi connectivity index (χ1v) is 11.5. The van der Waals surface area contributed by atoms with Gasteiger partial charge in [-0.2, -0.15) is 0 Å². The maximum Gasteiger partial charge on any atom is 0.329 e. The SMILES string of the molecule is CCOc1ccccc1C(=O)N[C@@H](C(=O)OCC(=O)N[C@@H]1CCCc2ccccc21)C(C)C. The third-order valence-corrected chi connectivity index (χ3v) is 5.69. The third kappa shape index (κ3) is 6.34. The van der Waals surface area contributed by atoms with E-state index in [9.17, 15) is 14.4 Å². The fourth-order valence-electron chi connectivity index (χ4n) is 4.02. The summed E-state index contributed by atoms with van der Waals surface area (Å²) in [6.45, 7) is 5.46. The molecule has 0 bridgehead atoms. The van der Waals surface area contributed by atoms with Crippen molar-refractivity contribution in [3.05, 3.63) is 65.2 Å². The largest absolute Gasteiger partial charge is 0.493 e. The van der Waals surface area contributed by atoms with Gasteiger partial charge in [0.25, 0.3) is 11.8 Å². The first kappa shape index (κ1) is 24.3. The highest BCUT2D eigenvalue weighted by molar-refractivity contribution is 5.99. The zero-order chi connectivity index (χ0) is 23.8. The summed E-state index contributed by atoms with van der Waals surface area (Å²) < 4.78 is 10.8. The predicted octanol–water partition coefficient (Wildman–Crippen LogP) is 3.58. The van der Waals surface area contributed by atoms with Crippen molar-refractivity contribution in [1.82, 2.24) is 10.6 Å². The van der Waals surface area contributed by atoms with E-state index < -0.39 is 24.5 Å². The van der Waals surface area contributed by atoms with E-state index in [0.29, 0.717) is 17.9 Å². The van der Waals surface area contributed by atoms with Crippen LogP contribution in [-0.4, -0.2) is 37.0 Å². The smallest absolute Gasteiger partial charge is 0.329 e. The van der Waals surface area contributed by atoms with Crippen molar-refractivity contribution in [2.75, 3.05) is 13.2 Å². The van der Waals surface area contributed by atoms with Gasteiger partial charge in [-0.1, -0.05) is 50.2 Å². The van der Waals surface area contributed by atoms with Gasteiger partial charge in [0.15, 0.2) is 6.61 Å². The van der Waals surface area contributed by atoms with Crippen molar-refractivity contribution in [3.63, 3.8) is 0 Å². The van der Waals surface area contributed by atoms with Crippen molar-refractivity contribution in [2.24, 2.45) is 5.92 Å². The Balaban J connectivity index is 1.57. The van der Waals surface area contributed by atoms with Crippen LogP contribution in [0.2, 0.25) is 0 Å². The maximum atomic E-state index is 12.8. The number of fused-ring (bicyclic) bond motifs is 1. The van der Waals surface area contributed by atoms with E-state index in [1.54, 1.807) is 38.1 Å². The number of carbonyl (C=O) groups is 3. The number of hydrogen-bond acceptors (Lipinski definition) is 5. The van der Waals surface area contributed by atoms with Gasteiger partial charge in [0.2, 0.25) is 0 Å². The van der Waals surface area contributed by atoms with Crippen LogP contribution in [0.15, 0.2) is 48.5 Å². The molecule has 2 amide bonds. The van der Waals surface area contributed by atoms with Crippen LogP contribution < -0.4 is 15.4 Å². The predicted molar refractivity (Wildman–Crippen MR) is 125 cm³/mol. The highest BCUT2D eigenvalue weighted by atomic mass is 16.5. The molecule has 3 rings (SSSR count). The Hall–Kier alpha value is -3.35. The molecule has 0 aliphatic heterocycles. The third-order valence-electron chi connectivity index (χ3n) is 5.69. The Morgan fingerprint density at radius 2 is 1.79 bits per heavy atom. The van der Waals surface area contributed by atoms with Gasteiger partial charge in [-0.15, -0.1) is 0 Å². The number of hydrogen-bond donors (Lipinski definition) is 2. The van der Waals surface area contributed by atoms with Crippen molar-refractivity contribution in [2.45, 2.75) is 52.1 Å². The van der Waals surface area contributed by atoms with Crippen LogP contribution in [0.4, 0.5) is 0 Å². The number of nitrogens with one attached hydrogen (secondary N) is 2. The number of carbonyl (C=O) groups excluding carboxylic acids is 3. The van der Waals surface area contributed by atoms with Crippen molar-refractivity contribution >= 4 is 17.8 Å². The van der Waals surface area contributed by atoms with E-state index in [0.717, 1.165) is 24.8 Å². The molecule has 0 spiro atoms. The summed E-state index contributed by atoms with van der Waals surface area (Å²) in [5.41, 5.74) is 2.69. The number of para-hydroxylation sites is 1. The van der Waals surface area contributed by atoms with E-state index in [4.69, 9.17) is 9.47 Å². The maximum absolute atomic E-state index is 12.8. The number of rotatable bonds is 9. The van der Waals surface area contributed by atoms with E-state index >= 15 is 0 Å². The van der Waals surface area contributed by atoms with Crippen LogP contribution in [0, 0.1) is 5.92 Å². The molecule has 1 aliphatic carbocycles. The fraction of sp³-hybridized carbons (Fsp3) is 0.423. The summed E-state index contributed by atoms with van der Waals surface area (Å²) in [5, 5.41) is 5.69. The average molecular weight is 453 g/mol. The lowest BCUT2D eigenvalue weighted by atomic mass is 9.88. The van der Waals surface area contributed by atoms with E-state index in [2.05, 4.69) is 16.7 Å². The molecular weight excluding hydrogens is 420 g/mol. The Morgan fingerprint density at radius 3 is 2.55 bits per heavy atom. The zero-order valence-corrected chi connectivity index (χ0v) is 19.4. The lowest BCUT2D eigenvalue weighted by molar-refractivity contribution is -0.151. The molecule has 7 heteroatoms. The monoisotopic (exact) mass is 452 g/mol. The molecule has 2 aromatic carbocycles. The van der Waals surface area contributed by atoms with Crippen LogP contribution in [0.5, 0.6) is 5.75 Å². The number of benzene rings is 2. The van der Waals surface area contributed by atoms with Gasteiger partial charge in [-0.25, -0.2) is 4.79 Å². The molecule has 176 valence electrons. The second-order valence-corrected chi connectivity index (χ2v) is 8.44. The molecular formula is C26H32N2O5. The van der Waals surface area contributed by atoms with Gasteiger partial charge in [-0.05, 0) is 55.4 Å². The van der Waals surface area contributed by atoms with Gasteiger partial charge in [0.05, 0.1) is 18.2 Å². The molecule has 0 heterocycles. The standard InChI is InChI=1S/C26H32N2O5/c1-4-32-22-15-8-7-13-20(22)25(30)28-24(17(2)3)26(31)33-16-23(29)27-21-14-9-11-18-10-5-6-12-19(18)21/h5-8,10,12-13,15,17,21,24H,4,9,11,14,16H2,1-3H3,(H,27,29)(H,28,30)/t21-,24-/m1/s1. The lowest BCUT2D eigenvalue weighted by Gasteiger charge is -2.26. The van der Waals surface area contributed by atoms with Gasteiger partial charge in [0, 0.05) is 0 Å². The zero-order valence-electron chi connectivity index (χ0n) is 19.4. The summed E-state index contributed by atoms with van der Waals surface area (Å²) in [5.74, 6) is -1.22. The van der Waals surface area contributed by atoms with Crippen molar-refractivity contribution in [1.29, 1.82) is 0 Å². The Bertz CT molecular complexity index is 988. The second-order valence-electron chi connectivity index (χ2n) is 8.44. The number of ether oxygens (including phenoxy) is 2. The number of esters is 1. The molecule has 2 aromatic rings. The van der Waals surface area contributed by atoms with Crippen LogP contribution >= 0.6 is 0 Å². The van der Waals surface area contributed by atoms with E-state index in [-0.39, 0.29) is 17.9 Å². The molecule has 33 heavy (non-hydrogen) atoms. The Labute approximate surface area is 194 Å².